The molecule has 2 heterocycles. The van der Waals surface area contributed by atoms with Crippen LogP contribution in [0, 0.1) is 11.6 Å². The Labute approximate surface area is 216 Å². The Hall–Kier alpha value is -3.21. The standard InChI is InChI=1S/C27H28F5N3O3/c28-22-10-7-17(13-23(22)29)24-15-38-26(37)35(24)25(36)33-18-11-12-34(14-18)19-8-5-16(6-9-19)20-3-1-2-4-21(20)27(30,31)32/h1-4,7,10,13,16,18-19,24H,5-6,8-9,11-12,14-15H2,(H,33,36)/t16?,18-,19?,24-/m1/s1. The summed E-state index contributed by atoms with van der Waals surface area (Å²) in [5, 5.41) is 2.86. The molecule has 0 unspecified atom stereocenters. The van der Waals surface area contributed by atoms with Gasteiger partial charge in [0.1, 0.15) is 12.6 Å². The molecule has 2 saturated heterocycles. The number of alkyl halides is 3. The van der Waals surface area contributed by atoms with Gasteiger partial charge in [-0.1, -0.05) is 24.3 Å². The second kappa shape index (κ2) is 10.5. The van der Waals surface area contributed by atoms with Crippen LogP contribution in [-0.4, -0.2) is 53.7 Å². The lowest BCUT2D eigenvalue weighted by molar-refractivity contribution is -0.138. The SMILES string of the molecule is O=C(N[C@@H]1CCN(C2CCC(c3ccccc3C(F)(F)F)CC2)C1)N1C(=O)OC[C@@H]1c1ccc(F)c(F)c1. The summed E-state index contributed by atoms with van der Waals surface area (Å²) in [7, 11) is 0. The predicted octanol–water partition coefficient (Wildman–Crippen LogP) is 5.99. The molecule has 1 saturated carbocycles. The number of amides is 3. The molecule has 38 heavy (non-hydrogen) atoms. The zero-order valence-electron chi connectivity index (χ0n) is 20.5. The number of carbonyl (C=O) groups excluding carboxylic acids is 2. The quantitative estimate of drug-likeness (QED) is 0.487. The fourth-order valence-corrected chi connectivity index (χ4v) is 5.95. The second-order valence-corrected chi connectivity index (χ2v) is 10.2. The van der Waals surface area contributed by atoms with Crippen molar-refractivity contribution in [2.24, 2.45) is 0 Å². The lowest BCUT2D eigenvalue weighted by Crippen LogP contribution is -2.47. The number of nitrogens with one attached hydrogen (secondary N) is 1. The number of carbonyl (C=O) groups is 2. The summed E-state index contributed by atoms with van der Waals surface area (Å²) in [5.74, 6) is -2.25. The van der Waals surface area contributed by atoms with Crippen molar-refractivity contribution in [2.75, 3.05) is 19.7 Å². The molecule has 1 aliphatic carbocycles. The first kappa shape index (κ1) is 26.4. The van der Waals surface area contributed by atoms with Crippen LogP contribution >= 0.6 is 0 Å². The summed E-state index contributed by atoms with van der Waals surface area (Å²) < 4.78 is 72.4. The van der Waals surface area contributed by atoms with Crippen molar-refractivity contribution in [3.8, 4) is 0 Å². The molecular weight excluding hydrogens is 509 g/mol. The van der Waals surface area contributed by atoms with E-state index in [1.165, 1.54) is 12.1 Å². The molecule has 2 aromatic rings. The smallest absolute Gasteiger partial charge is 0.418 e. The second-order valence-electron chi connectivity index (χ2n) is 10.2. The monoisotopic (exact) mass is 537 g/mol. The summed E-state index contributed by atoms with van der Waals surface area (Å²) >= 11 is 0. The maximum absolute atomic E-state index is 13.7. The number of hydrogen-bond donors (Lipinski definition) is 1. The number of nitrogens with zero attached hydrogens (tertiary/aromatic N) is 2. The van der Waals surface area contributed by atoms with Crippen LogP contribution in [0.4, 0.5) is 31.5 Å². The van der Waals surface area contributed by atoms with Gasteiger partial charge in [0.15, 0.2) is 11.6 Å². The van der Waals surface area contributed by atoms with Crippen LogP contribution in [0.25, 0.3) is 0 Å². The average molecular weight is 538 g/mol. The van der Waals surface area contributed by atoms with Crippen molar-refractivity contribution in [3.63, 3.8) is 0 Å². The molecule has 3 amide bonds. The van der Waals surface area contributed by atoms with Gasteiger partial charge in [0, 0.05) is 25.2 Å². The van der Waals surface area contributed by atoms with Gasteiger partial charge in [-0.05, 0) is 67.3 Å². The summed E-state index contributed by atoms with van der Waals surface area (Å²) in [5.41, 5.74) is 0.0504. The Kier molecular flexibility index (Phi) is 7.30. The van der Waals surface area contributed by atoms with E-state index < -0.39 is 41.5 Å². The van der Waals surface area contributed by atoms with Crippen molar-refractivity contribution in [1.82, 2.24) is 15.1 Å². The molecule has 5 rings (SSSR count). The number of halogens is 5. The lowest BCUT2D eigenvalue weighted by atomic mass is 9.79. The third-order valence-corrected chi connectivity index (χ3v) is 7.89. The molecule has 2 atom stereocenters. The van der Waals surface area contributed by atoms with E-state index in [0.29, 0.717) is 31.4 Å². The number of hydrogen-bond acceptors (Lipinski definition) is 4. The maximum atomic E-state index is 13.7. The number of imide groups is 1. The van der Waals surface area contributed by atoms with Gasteiger partial charge in [0.05, 0.1) is 5.56 Å². The Balaban J connectivity index is 1.16. The molecule has 11 heteroatoms. The highest BCUT2D eigenvalue weighted by Crippen LogP contribution is 2.41. The predicted molar refractivity (Wildman–Crippen MR) is 127 cm³/mol. The van der Waals surface area contributed by atoms with Crippen LogP contribution < -0.4 is 5.32 Å². The number of rotatable bonds is 4. The number of benzene rings is 2. The van der Waals surface area contributed by atoms with Gasteiger partial charge in [0.25, 0.3) is 0 Å². The molecule has 1 N–H and O–H groups in total. The normalized spacial score (nSPS) is 26.4. The minimum Gasteiger partial charge on any atom is -0.446 e. The first-order valence-corrected chi connectivity index (χ1v) is 12.7. The van der Waals surface area contributed by atoms with E-state index in [-0.39, 0.29) is 30.2 Å². The van der Waals surface area contributed by atoms with Gasteiger partial charge in [-0.15, -0.1) is 0 Å². The number of likely N-dealkylation sites (tertiary alicyclic amines) is 1. The molecule has 2 aliphatic heterocycles. The molecule has 3 fully saturated rings. The van der Waals surface area contributed by atoms with Crippen LogP contribution in [0.2, 0.25) is 0 Å². The van der Waals surface area contributed by atoms with Crippen LogP contribution in [0.5, 0.6) is 0 Å². The third kappa shape index (κ3) is 5.34. The highest BCUT2D eigenvalue weighted by Gasteiger charge is 2.41. The van der Waals surface area contributed by atoms with Gasteiger partial charge in [-0.3, -0.25) is 4.90 Å². The van der Waals surface area contributed by atoms with Crippen molar-refractivity contribution < 1.29 is 36.3 Å². The highest BCUT2D eigenvalue weighted by atomic mass is 19.4. The molecule has 0 spiro atoms. The van der Waals surface area contributed by atoms with E-state index in [9.17, 15) is 31.5 Å². The maximum Gasteiger partial charge on any atom is 0.418 e. The largest absolute Gasteiger partial charge is 0.446 e. The van der Waals surface area contributed by atoms with Crippen LogP contribution in [0.15, 0.2) is 42.5 Å². The third-order valence-electron chi connectivity index (χ3n) is 7.89. The topological polar surface area (TPSA) is 61.9 Å². The summed E-state index contributed by atoms with van der Waals surface area (Å²) in [6.45, 7) is 1.12. The zero-order valence-corrected chi connectivity index (χ0v) is 20.5. The molecule has 0 radical (unpaired) electrons. The fourth-order valence-electron chi connectivity index (χ4n) is 5.95. The zero-order chi connectivity index (χ0) is 27.0. The van der Waals surface area contributed by atoms with Gasteiger partial charge in [-0.25, -0.2) is 23.3 Å². The molecule has 3 aliphatic rings. The van der Waals surface area contributed by atoms with Crippen LogP contribution in [-0.2, 0) is 10.9 Å². The van der Waals surface area contributed by atoms with E-state index in [1.807, 2.05) is 0 Å². The molecule has 204 valence electrons. The molecular formula is C27H28F5N3O3. The molecule has 6 nitrogen and oxygen atoms in total. The Bertz CT molecular complexity index is 1200. The molecule has 0 bridgehead atoms. The van der Waals surface area contributed by atoms with E-state index in [0.717, 1.165) is 42.5 Å². The van der Waals surface area contributed by atoms with E-state index >= 15 is 0 Å². The lowest BCUT2D eigenvalue weighted by Gasteiger charge is -2.35. The number of cyclic esters (lactones) is 1. The average Bonchev–Trinajstić information content (AvgIpc) is 3.52. The Morgan fingerprint density at radius 2 is 1.71 bits per heavy atom. The first-order chi connectivity index (χ1) is 18.1. The molecule has 2 aromatic carbocycles. The van der Waals surface area contributed by atoms with Gasteiger partial charge >= 0.3 is 18.3 Å². The first-order valence-electron chi connectivity index (χ1n) is 12.7. The van der Waals surface area contributed by atoms with Crippen LogP contribution in [0.3, 0.4) is 0 Å². The number of ether oxygens (including phenoxy) is 1. The Morgan fingerprint density at radius 1 is 0.974 bits per heavy atom. The van der Waals surface area contributed by atoms with Gasteiger partial charge < -0.3 is 10.1 Å². The molecule has 0 aromatic heterocycles. The summed E-state index contributed by atoms with van der Waals surface area (Å²) in [6, 6.07) is 7.42. The number of urea groups is 1. The minimum atomic E-state index is -4.38. The Morgan fingerprint density at radius 3 is 2.42 bits per heavy atom. The van der Waals surface area contributed by atoms with Crippen molar-refractivity contribution in [3.05, 3.63) is 70.8 Å². The highest BCUT2D eigenvalue weighted by molar-refractivity contribution is 5.92. The summed E-state index contributed by atoms with van der Waals surface area (Å²) in [6.07, 6.45) is -1.75. The fraction of sp³-hybridized carbons (Fsp3) is 0.481. The van der Waals surface area contributed by atoms with Crippen molar-refractivity contribution in [2.45, 2.75) is 62.3 Å². The van der Waals surface area contributed by atoms with E-state index in [1.54, 1.807) is 12.1 Å². The van der Waals surface area contributed by atoms with Crippen molar-refractivity contribution in [1.29, 1.82) is 0 Å². The van der Waals surface area contributed by atoms with E-state index in [2.05, 4.69) is 10.2 Å². The van der Waals surface area contributed by atoms with Gasteiger partial charge in [0.2, 0.25) is 0 Å². The summed E-state index contributed by atoms with van der Waals surface area (Å²) in [4.78, 5) is 28.4. The van der Waals surface area contributed by atoms with Crippen LogP contribution in [0.1, 0.15) is 60.8 Å². The van der Waals surface area contributed by atoms with E-state index in [4.69, 9.17) is 4.74 Å². The minimum absolute atomic E-state index is 0.142. The van der Waals surface area contributed by atoms with Gasteiger partial charge in [-0.2, -0.15) is 13.2 Å². The van der Waals surface area contributed by atoms with Crippen molar-refractivity contribution >= 4 is 12.1 Å².